The van der Waals surface area contributed by atoms with Crippen molar-refractivity contribution in [2.24, 2.45) is 5.92 Å². The Hall–Kier alpha value is -0.280. The van der Waals surface area contributed by atoms with Crippen LogP contribution in [0.2, 0.25) is 0 Å². The van der Waals surface area contributed by atoms with Crippen molar-refractivity contribution < 1.29 is 14.6 Å². The maximum absolute atomic E-state index is 10.7. The summed E-state index contributed by atoms with van der Waals surface area (Å²) in [6, 6.07) is 0. The highest BCUT2D eigenvalue weighted by Gasteiger charge is 2.21. The lowest BCUT2D eigenvalue weighted by atomic mass is 10.1. The van der Waals surface area contributed by atoms with E-state index in [9.17, 15) is 4.79 Å². The van der Waals surface area contributed by atoms with Crippen molar-refractivity contribution in [3.8, 4) is 0 Å². The Morgan fingerprint density at radius 2 is 2.30 bits per heavy atom. The molecule has 0 saturated heterocycles. The van der Waals surface area contributed by atoms with Gasteiger partial charge >= 0.3 is 5.97 Å². The Morgan fingerprint density at radius 1 is 1.80 bits per heavy atom. The Bertz CT molecular complexity index is 116. The van der Waals surface area contributed by atoms with Gasteiger partial charge in [0.1, 0.15) is 0 Å². The molecule has 0 aliphatic carbocycles. The van der Waals surface area contributed by atoms with Gasteiger partial charge in [-0.1, -0.05) is 0 Å². The summed E-state index contributed by atoms with van der Waals surface area (Å²) in [6.07, 6.45) is -0.811. The average molecular weight is 167 g/mol. The second-order valence-corrected chi connectivity index (χ2v) is 2.34. The lowest BCUT2D eigenvalue weighted by molar-refractivity contribution is -0.148. The monoisotopic (exact) mass is 166 g/mol. The summed E-state index contributed by atoms with van der Waals surface area (Å²) in [5.74, 6) is -0.924. The van der Waals surface area contributed by atoms with E-state index in [1.165, 1.54) is 7.11 Å². The number of hydrogen-bond donors (Lipinski definition) is 1. The number of ether oxygens (including phenoxy) is 1. The molecule has 0 aromatic heterocycles. The van der Waals surface area contributed by atoms with Crippen LogP contribution < -0.4 is 0 Å². The van der Waals surface area contributed by atoms with Gasteiger partial charge in [-0.05, 0) is 6.92 Å². The summed E-state index contributed by atoms with van der Waals surface area (Å²) in [4.78, 5) is 10.7. The third kappa shape index (κ3) is 2.54. The highest BCUT2D eigenvalue weighted by molar-refractivity contribution is 6.18. The van der Waals surface area contributed by atoms with Crippen molar-refractivity contribution >= 4 is 17.6 Å². The van der Waals surface area contributed by atoms with Crippen molar-refractivity contribution in [3.05, 3.63) is 0 Å². The number of rotatable bonds is 3. The van der Waals surface area contributed by atoms with Gasteiger partial charge in [-0.3, -0.25) is 4.79 Å². The largest absolute Gasteiger partial charge is 0.469 e. The van der Waals surface area contributed by atoms with Gasteiger partial charge < -0.3 is 9.84 Å². The van der Waals surface area contributed by atoms with Gasteiger partial charge in [0.05, 0.1) is 19.1 Å². The molecule has 0 amide bonds. The Labute approximate surface area is 64.9 Å². The first-order chi connectivity index (χ1) is 4.63. The van der Waals surface area contributed by atoms with Crippen LogP contribution in [-0.4, -0.2) is 30.2 Å². The Morgan fingerprint density at radius 3 is 2.60 bits per heavy atom. The fraction of sp³-hybridized carbons (Fsp3) is 0.833. The van der Waals surface area contributed by atoms with Gasteiger partial charge in [-0.25, -0.2) is 0 Å². The molecular formula is C6H11ClO3. The van der Waals surface area contributed by atoms with Crippen LogP contribution >= 0.6 is 11.6 Å². The number of hydrogen-bond acceptors (Lipinski definition) is 3. The number of aliphatic hydroxyl groups is 1. The summed E-state index contributed by atoms with van der Waals surface area (Å²) in [7, 11) is 1.28. The second-order valence-electron chi connectivity index (χ2n) is 2.03. The summed E-state index contributed by atoms with van der Waals surface area (Å²) in [6.45, 7) is 1.57. The maximum atomic E-state index is 10.7. The zero-order valence-electron chi connectivity index (χ0n) is 6.00. The van der Waals surface area contributed by atoms with Gasteiger partial charge in [0, 0.05) is 5.88 Å². The van der Waals surface area contributed by atoms with Crippen LogP contribution in [0.25, 0.3) is 0 Å². The van der Waals surface area contributed by atoms with Crippen molar-refractivity contribution in [1.82, 2.24) is 0 Å². The SMILES string of the molecule is COC(=O)C(C)C(O)CCl. The minimum Gasteiger partial charge on any atom is -0.469 e. The predicted molar refractivity (Wildman–Crippen MR) is 37.9 cm³/mol. The molecule has 0 aliphatic rings. The number of esters is 1. The highest BCUT2D eigenvalue weighted by atomic mass is 35.5. The first-order valence-corrected chi connectivity index (χ1v) is 3.48. The maximum Gasteiger partial charge on any atom is 0.311 e. The molecule has 10 heavy (non-hydrogen) atoms. The van der Waals surface area contributed by atoms with Crippen molar-refractivity contribution in [2.75, 3.05) is 13.0 Å². The molecule has 2 unspecified atom stereocenters. The van der Waals surface area contributed by atoms with Gasteiger partial charge in [-0.15, -0.1) is 11.6 Å². The Kier molecular flexibility index (Phi) is 4.40. The van der Waals surface area contributed by atoms with Crippen molar-refractivity contribution in [1.29, 1.82) is 0 Å². The lowest BCUT2D eigenvalue weighted by Gasteiger charge is -2.12. The molecule has 3 nitrogen and oxygen atoms in total. The molecule has 60 valence electrons. The third-order valence-corrected chi connectivity index (χ3v) is 1.62. The topological polar surface area (TPSA) is 46.5 Å². The van der Waals surface area contributed by atoms with Crippen LogP contribution in [0, 0.1) is 5.92 Å². The predicted octanol–water partition coefficient (Wildman–Crippen LogP) is 0.395. The average Bonchev–Trinajstić information content (AvgIpc) is 2.00. The highest BCUT2D eigenvalue weighted by Crippen LogP contribution is 2.05. The molecule has 0 aliphatic heterocycles. The van der Waals surface area contributed by atoms with E-state index in [4.69, 9.17) is 16.7 Å². The van der Waals surface area contributed by atoms with Gasteiger partial charge in [0.2, 0.25) is 0 Å². The van der Waals surface area contributed by atoms with Crippen LogP contribution in [0.5, 0.6) is 0 Å². The molecule has 0 bridgehead atoms. The Balaban J connectivity index is 3.81. The summed E-state index contributed by atoms with van der Waals surface area (Å²) in [5, 5.41) is 9.00. The molecule has 2 atom stereocenters. The zero-order valence-corrected chi connectivity index (χ0v) is 6.76. The van der Waals surface area contributed by atoms with Crippen LogP contribution in [0.15, 0.2) is 0 Å². The van der Waals surface area contributed by atoms with E-state index in [0.717, 1.165) is 0 Å². The fourth-order valence-electron chi connectivity index (χ4n) is 0.477. The fourth-order valence-corrected chi connectivity index (χ4v) is 0.744. The molecule has 0 aromatic rings. The molecule has 0 aromatic carbocycles. The minimum absolute atomic E-state index is 0.0519. The number of methoxy groups -OCH3 is 1. The third-order valence-electron chi connectivity index (χ3n) is 1.31. The first kappa shape index (κ1) is 9.72. The summed E-state index contributed by atoms with van der Waals surface area (Å²) in [5.41, 5.74) is 0. The van der Waals surface area contributed by atoms with Gasteiger partial charge in [-0.2, -0.15) is 0 Å². The molecule has 0 spiro atoms. The molecule has 0 fully saturated rings. The summed E-state index contributed by atoms with van der Waals surface area (Å²) < 4.78 is 4.38. The van der Waals surface area contributed by atoms with E-state index in [1.54, 1.807) is 6.92 Å². The minimum atomic E-state index is -0.811. The standard InChI is InChI=1S/C6H11ClO3/c1-4(5(8)3-7)6(9)10-2/h4-5,8H,3H2,1-2H3. The molecular weight excluding hydrogens is 156 g/mol. The first-order valence-electron chi connectivity index (χ1n) is 2.95. The van der Waals surface area contributed by atoms with Crippen LogP contribution in [0.1, 0.15) is 6.92 Å². The van der Waals surface area contributed by atoms with Crippen LogP contribution in [0.4, 0.5) is 0 Å². The van der Waals surface area contributed by atoms with Crippen molar-refractivity contribution in [3.63, 3.8) is 0 Å². The molecule has 0 rings (SSSR count). The number of halogens is 1. The number of aliphatic hydroxyl groups excluding tert-OH is 1. The van der Waals surface area contributed by atoms with Gasteiger partial charge in [0.15, 0.2) is 0 Å². The zero-order chi connectivity index (χ0) is 8.15. The molecule has 1 N–H and O–H groups in total. The lowest BCUT2D eigenvalue weighted by Crippen LogP contribution is -2.27. The second kappa shape index (κ2) is 4.52. The van der Waals surface area contributed by atoms with E-state index in [-0.39, 0.29) is 5.88 Å². The molecule has 4 heteroatoms. The quantitative estimate of drug-likeness (QED) is 0.488. The van der Waals surface area contributed by atoms with E-state index in [1.807, 2.05) is 0 Å². The number of carbonyl (C=O) groups excluding carboxylic acids is 1. The van der Waals surface area contributed by atoms with Crippen molar-refractivity contribution in [2.45, 2.75) is 13.0 Å². The normalized spacial score (nSPS) is 16.0. The van der Waals surface area contributed by atoms with Crippen LogP contribution in [-0.2, 0) is 9.53 Å². The smallest absolute Gasteiger partial charge is 0.311 e. The molecule has 0 saturated carbocycles. The van der Waals surface area contributed by atoms with E-state index < -0.39 is 18.0 Å². The molecule has 0 radical (unpaired) electrons. The van der Waals surface area contributed by atoms with Gasteiger partial charge in [0.25, 0.3) is 0 Å². The summed E-state index contributed by atoms with van der Waals surface area (Å²) >= 11 is 5.29. The number of carbonyl (C=O) groups is 1. The van der Waals surface area contributed by atoms with E-state index in [0.29, 0.717) is 0 Å². The van der Waals surface area contributed by atoms with Crippen LogP contribution in [0.3, 0.4) is 0 Å². The molecule has 0 heterocycles. The number of alkyl halides is 1. The van der Waals surface area contributed by atoms with E-state index in [2.05, 4.69) is 4.74 Å². The van der Waals surface area contributed by atoms with E-state index >= 15 is 0 Å².